The second-order valence-electron chi connectivity index (χ2n) is 13.4. The van der Waals surface area contributed by atoms with Crippen molar-refractivity contribution in [1.29, 1.82) is 0 Å². The number of aryl methyl sites for hydroxylation is 2. The van der Waals surface area contributed by atoms with Crippen molar-refractivity contribution < 1.29 is 19.7 Å². The van der Waals surface area contributed by atoms with Crippen LogP contribution >= 0.6 is 0 Å². The van der Waals surface area contributed by atoms with Gasteiger partial charge < -0.3 is 19.7 Å². The van der Waals surface area contributed by atoms with Crippen molar-refractivity contribution in [3.05, 3.63) is 46.5 Å². The summed E-state index contributed by atoms with van der Waals surface area (Å²) in [7, 11) is 3.56. The van der Waals surface area contributed by atoms with Gasteiger partial charge in [-0.25, -0.2) is 0 Å². The van der Waals surface area contributed by atoms with E-state index >= 15 is 0 Å². The van der Waals surface area contributed by atoms with Crippen LogP contribution in [-0.4, -0.2) is 24.4 Å². The summed E-state index contributed by atoms with van der Waals surface area (Å²) in [5.74, 6) is 3.71. The van der Waals surface area contributed by atoms with Gasteiger partial charge in [0.2, 0.25) is 0 Å². The molecule has 4 nitrogen and oxygen atoms in total. The lowest BCUT2D eigenvalue weighted by atomic mass is 9.87. The van der Waals surface area contributed by atoms with Crippen molar-refractivity contribution in [2.45, 2.75) is 167 Å². The van der Waals surface area contributed by atoms with E-state index in [1.165, 1.54) is 88.2 Å². The van der Waals surface area contributed by atoms with E-state index in [0.29, 0.717) is 23.3 Å². The number of hydrogen-bond donors (Lipinski definition) is 2. The lowest BCUT2D eigenvalue weighted by Crippen LogP contribution is -2.04. The van der Waals surface area contributed by atoms with Gasteiger partial charge in [0.1, 0.15) is 23.0 Å². The minimum absolute atomic E-state index is 0.440. The molecule has 0 heterocycles. The summed E-state index contributed by atoms with van der Waals surface area (Å²) in [5, 5.41) is 21.9. The third kappa shape index (κ3) is 11.5. The summed E-state index contributed by atoms with van der Waals surface area (Å²) in [6.07, 6.45) is 25.8. The molecule has 0 radical (unpaired) electrons. The lowest BCUT2D eigenvalue weighted by molar-refractivity contribution is 0.393. The first-order chi connectivity index (χ1) is 21.5. The highest BCUT2D eigenvalue weighted by atomic mass is 16.5. The Labute approximate surface area is 270 Å². The molecule has 2 N–H and O–H groups in total. The predicted octanol–water partition coefficient (Wildman–Crippen LogP) is 11.9. The van der Waals surface area contributed by atoms with E-state index < -0.39 is 0 Å². The first-order valence-electron chi connectivity index (χ1n) is 18.3. The highest BCUT2D eigenvalue weighted by molar-refractivity contribution is 5.48. The summed E-state index contributed by atoms with van der Waals surface area (Å²) in [5.41, 5.74) is 4.45. The molecular formula is C40H64O4. The van der Waals surface area contributed by atoms with Crippen LogP contribution in [0.5, 0.6) is 23.0 Å². The zero-order chi connectivity index (χ0) is 31.6. The number of benzene rings is 2. The summed E-state index contributed by atoms with van der Waals surface area (Å²) in [6, 6.07) is 8.29. The fourth-order valence-corrected chi connectivity index (χ4v) is 7.43. The zero-order valence-corrected chi connectivity index (χ0v) is 28.7. The molecule has 0 amide bonds. The Balaban J connectivity index is 1.67. The molecule has 0 aromatic heterocycles. The first-order valence-corrected chi connectivity index (χ1v) is 18.3. The first kappa shape index (κ1) is 36.1. The lowest BCUT2D eigenvalue weighted by Gasteiger charge is -2.21. The molecule has 6 rings (SSSR count). The van der Waals surface area contributed by atoms with Gasteiger partial charge in [0.05, 0.1) is 14.2 Å². The Morgan fingerprint density at radius 2 is 0.864 bits per heavy atom. The number of ether oxygens (including phenoxy) is 2. The van der Waals surface area contributed by atoms with Crippen molar-refractivity contribution in [2.24, 2.45) is 0 Å². The number of hydrogen-bond acceptors (Lipinski definition) is 4. The zero-order valence-electron chi connectivity index (χ0n) is 28.7. The molecule has 4 bridgehead atoms. The van der Waals surface area contributed by atoms with Gasteiger partial charge in [0, 0.05) is 11.1 Å². The van der Waals surface area contributed by atoms with Gasteiger partial charge in [-0.05, 0) is 98.6 Å². The Bertz CT molecular complexity index is 992. The molecule has 2 atom stereocenters. The molecule has 0 fully saturated rings. The van der Waals surface area contributed by atoms with Gasteiger partial charge >= 0.3 is 0 Å². The predicted molar refractivity (Wildman–Crippen MR) is 186 cm³/mol. The maximum Gasteiger partial charge on any atom is 0.122 e. The number of phenols is 2. The van der Waals surface area contributed by atoms with Crippen molar-refractivity contribution >= 4 is 0 Å². The molecule has 0 aliphatic heterocycles. The van der Waals surface area contributed by atoms with Gasteiger partial charge in [0.25, 0.3) is 0 Å². The van der Waals surface area contributed by atoms with Crippen LogP contribution in [0.15, 0.2) is 24.3 Å². The fourth-order valence-electron chi connectivity index (χ4n) is 7.43. The minimum atomic E-state index is 0.440. The van der Waals surface area contributed by atoms with Gasteiger partial charge in [-0.15, -0.1) is 0 Å². The topological polar surface area (TPSA) is 58.9 Å². The van der Waals surface area contributed by atoms with Gasteiger partial charge in [-0.2, -0.15) is 0 Å². The van der Waals surface area contributed by atoms with Crippen LogP contribution in [-0.2, 0) is 12.8 Å². The van der Waals surface area contributed by atoms with E-state index in [9.17, 15) is 10.2 Å². The number of methoxy groups -OCH3 is 2. The van der Waals surface area contributed by atoms with Crippen molar-refractivity contribution in [1.82, 2.24) is 0 Å². The van der Waals surface area contributed by atoms with Crippen molar-refractivity contribution in [3.8, 4) is 23.0 Å². The third-order valence-corrected chi connectivity index (χ3v) is 10.0. The largest absolute Gasteiger partial charge is 0.508 e. The standard InChI is InChI=1S/C40H64O4/c1-5-21-31-23-17-13-9-7-11-15-20-26-34-28-40(44-4)36(30-38(34)42)32(22-6-2)24-18-14-10-8-12-16-19-25-33-27-39(43-3)35(31)29-37(33)41/h27-32,41-42H,5-26H2,1-4H3. The van der Waals surface area contributed by atoms with Crippen LogP contribution in [0.1, 0.15) is 176 Å². The molecule has 2 unspecified atom stereocenters. The van der Waals surface area contributed by atoms with E-state index in [1.54, 1.807) is 14.2 Å². The molecule has 4 aliphatic carbocycles. The average Bonchev–Trinajstić information content (AvgIpc) is 3.02. The normalized spacial score (nSPS) is 20.5. The molecule has 0 saturated heterocycles. The molecule has 2 aromatic rings. The second kappa shape index (κ2) is 20.6. The monoisotopic (exact) mass is 608 g/mol. The van der Waals surface area contributed by atoms with E-state index in [-0.39, 0.29) is 0 Å². The van der Waals surface area contributed by atoms with E-state index in [0.717, 1.165) is 86.8 Å². The summed E-state index contributed by atoms with van der Waals surface area (Å²) < 4.78 is 11.8. The maximum atomic E-state index is 11.0. The smallest absolute Gasteiger partial charge is 0.122 e. The Hall–Kier alpha value is -2.36. The van der Waals surface area contributed by atoms with E-state index in [2.05, 4.69) is 26.0 Å². The summed E-state index contributed by atoms with van der Waals surface area (Å²) >= 11 is 0. The van der Waals surface area contributed by atoms with Crippen molar-refractivity contribution in [3.63, 3.8) is 0 Å². The molecule has 248 valence electrons. The quantitative estimate of drug-likeness (QED) is 0.342. The number of aromatic hydroxyl groups is 2. The molecule has 4 heteroatoms. The van der Waals surface area contributed by atoms with Crippen LogP contribution in [0.4, 0.5) is 0 Å². The minimum Gasteiger partial charge on any atom is -0.508 e. The fraction of sp³-hybridized carbons (Fsp3) is 0.700. The Morgan fingerprint density at radius 1 is 0.523 bits per heavy atom. The molecular weight excluding hydrogens is 544 g/mol. The number of rotatable bonds is 6. The highest BCUT2D eigenvalue weighted by Gasteiger charge is 2.20. The van der Waals surface area contributed by atoms with Crippen molar-refractivity contribution in [2.75, 3.05) is 14.2 Å². The third-order valence-electron chi connectivity index (χ3n) is 10.0. The molecule has 44 heavy (non-hydrogen) atoms. The van der Waals surface area contributed by atoms with Gasteiger partial charge in [-0.1, -0.05) is 104 Å². The molecule has 0 saturated carbocycles. The maximum absolute atomic E-state index is 11.0. The summed E-state index contributed by atoms with van der Waals surface area (Å²) in [6.45, 7) is 4.51. The summed E-state index contributed by atoms with van der Waals surface area (Å²) in [4.78, 5) is 0. The van der Waals surface area contributed by atoms with Crippen LogP contribution in [0.3, 0.4) is 0 Å². The molecule has 2 aromatic carbocycles. The van der Waals surface area contributed by atoms with Gasteiger partial charge in [0.15, 0.2) is 0 Å². The number of phenolic OH excluding ortho intramolecular Hbond substituents is 2. The highest BCUT2D eigenvalue weighted by Crippen LogP contribution is 2.40. The van der Waals surface area contributed by atoms with Gasteiger partial charge in [-0.3, -0.25) is 0 Å². The van der Waals surface area contributed by atoms with Crippen LogP contribution in [0.25, 0.3) is 0 Å². The molecule has 0 spiro atoms. The second-order valence-corrected chi connectivity index (χ2v) is 13.4. The van der Waals surface area contributed by atoms with E-state index in [4.69, 9.17) is 9.47 Å². The van der Waals surface area contributed by atoms with E-state index in [1.807, 2.05) is 12.1 Å². The Morgan fingerprint density at radius 3 is 1.20 bits per heavy atom. The van der Waals surface area contributed by atoms with Crippen LogP contribution in [0, 0.1) is 0 Å². The molecule has 4 aliphatic rings. The van der Waals surface area contributed by atoms with Crippen LogP contribution in [0.2, 0.25) is 0 Å². The Kier molecular flexibility index (Phi) is 16.9. The van der Waals surface area contributed by atoms with Crippen LogP contribution < -0.4 is 9.47 Å². The average molecular weight is 609 g/mol. The SMILES string of the molecule is CCCC1CCCCCCCCCc2cc(OC)c(cc2O)C(CCC)CCCCCCCCCc2cc(OC)c1cc2O.